The first kappa shape index (κ1) is 15.3. The summed E-state index contributed by atoms with van der Waals surface area (Å²) in [5, 5.41) is 2.99. The maximum Gasteiger partial charge on any atom is 0.232 e. The molecule has 2 heterocycles. The third-order valence-electron chi connectivity index (χ3n) is 3.76. The van der Waals surface area contributed by atoms with Crippen LogP contribution in [0, 0.1) is 0 Å². The van der Waals surface area contributed by atoms with Gasteiger partial charge in [0.05, 0.1) is 17.6 Å². The van der Waals surface area contributed by atoms with Crippen LogP contribution in [0.3, 0.4) is 0 Å². The van der Waals surface area contributed by atoms with Gasteiger partial charge in [-0.15, -0.1) is 11.3 Å². The van der Waals surface area contributed by atoms with Gasteiger partial charge in [-0.3, -0.25) is 4.31 Å². The van der Waals surface area contributed by atoms with Gasteiger partial charge >= 0.3 is 0 Å². The second-order valence-electron chi connectivity index (χ2n) is 5.87. The van der Waals surface area contributed by atoms with Crippen molar-refractivity contribution in [2.45, 2.75) is 19.4 Å². The van der Waals surface area contributed by atoms with Gasteiger partial charge in [0, 0.05) is 31.1 Å². The Balaban J connectivity index is 2.01. The van der Waals surface area contributed by atoms with E-state index in [-0.39, 0.29) is 6.04 Å². The molecule has 2 aromatic rings. The summed E-state index contributed by atoms with van der Waals surface area (Å²) in [6.45, 7) is 1.94. The van der Waals surface area contributed by atoms with E-state index in [4.69, 9.17) is 0 Å². The van der Waals surface area contributed by atoms with Crippen LogP contribution in [0.15, 0.2) is 23.6 Å². The van der Waals surface area contributed by atoms with E-state index in [1.165, 1.54) is 10.6 Å². The molecule has 7 heteroatoms. The van der Waals surface area contributed by atoms with Crippen LogP contribution in [0.4, 0.5) is 10.8 Å². The van der Waals surface area contributed by atoms with E-state index in [2.05, 4.69) is 11.1 Å². The Kier molecular flexibility index (Phi) is 3.65. The highest BCUT2D eigenvalue weighted by Crippen LogP contribution is 2.37. The molecule has 0 aliphatic carbocycles. The maximum atomic E-state index is 11.9. The van der Waals surface area contributed by atoms with Gasteiger partial charge in [-0.2, -0.15) is 0 Å². The summed E-state index contributed by atoms with van der Waals surface area (Å²) < 4.78 is 25.4. The van der Waals surface area contributed by atoms with Crippen LogP contribution < -0.4 is 9.21 Å². The normalized spacial score (nSPS) is 17.6. The minimum atomic E-state index is -3.24. The molecular weight excluding hydrogens is 318 g/mol. The van der Waals surface area contributed by atoms with Crippen molar-refractivity contribution in [3.05, 3.63) is 29.1 Å². The fourth-order valence-corrected chi connectivity index (χ4v) is 4.90. The van der Waals surface area contributed by atoms with Gasteiger partial charge in [0.1, 0.15) is 0 Å². The summed E-state index contributed by atoms with van der Waals surface area (Å²) in [5.74, 6) is 0. The summed E-state index contributed by atoms with van der Waals surface area (Å²) in [5.41, 5.74) is 3.82. The summed E-state index contributed by atoms with van der Waals surface area (Å²) in [6.07, 6.45) is 2.00. The van der Waals surface area contributed by atoms with Gasteiger partial charge in [-0.25, -0.2) is 13.4 Å². The molecule has 0 saturated heterocycles. The van der Waals surface area contributed by atoms with Crippen molar-refractivity contribution in [2.75, 3.05) is 29.6 Å². The fourth-order valence-electron chi connectivity index (χ4n) is 2.87. The Bertz CT molecular complexity index is 812. The van der Waals surface area contributed by atoms with E-state index in [1.807, 2.05) is 43.4 Å². The lowest BCUT2D eigenvalue weighted by molar-refractivity contribution is 0.590. The number of nitrogens with zero attached hydrogens (tertiary/aromatic N) is 3. The van der Waals surface area contributed by atoms with Crippen molar-refractivity contribution in [3.63, 3.8) is 0 Å². The van der Waals surface area contributed by atoms with Gasteiger partial charge < -0.3 is 4.90 Å². The molecule has 5 nitrogen and oxygen atoms in total. The number of rotatable bonds is 3. The van der Waals surface area contributed by atoms with Crippen molar-refractivity contribution in [3.8, 4) is 11.3 Å². The van der Waals surface area contributed by atoms with Gasteiger partial charge in [-0.1, -0.05) is 6.07 Å². The Hall–Kier alpha value is -1.60. The minimum absolute atomic E-state index is 0.0342. The zero-order valence-corrected chi connectivity index (χ0v) is 14.7. The number of sulfonamides is 1. The first-order chi connectivity index (χ1) is 10.3. The fraction of sp³-hybridized carbons (Fsp3) is 0.400. The Morgan fingerprint density at radius 3 is 2.68 bits per heavy atom. The lowest BCUT2D eigenvalue weighted by Gasteiger charge is -2.21. The number of fused-ring (bicyclic) bond motifs is 1. The number of benzene rings is 1. The number of thiazole rings is 1. The van der Waals surface area contributed by atoms with Crippen LogP contribution in [-0.2, 0) is 16.4 Å². The molecule has 0 N–H and O–H groups in total. The molecule has 0 fully saturated rings. The average molecular weight is 337 g/mol. The third kappa shape index (κ3) is 2.59. The molecule has 0 saturated carbocycles. The predicted molar refractivity (Wildman–Crippen MR) is 92.4 cm³/mol. The van der Waals surface area contributed by atoms with Gasteiger partial charge in [-0.05, 0) is 31.0 Å². The minimum Gasteiger partial charge on any atom is -0.354 e. The summed E-state index contributed by atoms with van der Waals surface area (Å²) >= 11 is 1.60. The van der Waals surface area contributed by atoms with Crippen LogP contribution in [0.1, 0.15) is 12.5 Å². The first-order valence-electron chi connectivity index (χ1n) is 7.03. The van der Waals surface area contributed by atoms with Crippen LogP contribution in [0.2, 0.25) is 0 Å². The van der Waals surface area contributed by atoms with Crippen LogP contribution >= 0.6 is 11.3 Å². The molecule has 1 aromatic heterocycles. The Morgan fingerprint density at radius 1 is 1.36 bits per heavy atom. The number of anilines is 2. The molecule has 1 aliphatic heterocycles. The summed E-state index contributed by atoms with van der Waals surface area (Å²) in [6, 6.07) is 5.87. The van der Waals surface area contributed by atoms with Crippen molar-refractivity contribution < 1.29 is 8.42 Å². The predicted octanol–water partition coefficient (Wildman–Crippen LogP) is 2.59. The standard InChI is InChI=1S/C15H19N3O2S2/c1-10-7-12-8-11(13-9-21-15(16-13)17(2)3)5-6-14(12)18(10)22(4,19)20/h5-6,8-10H,7H2,1-4H3/t10-/m1/s1. The molecular formula is C15H19N3O2S2. The number of hydrogen-bond acceptors (Lipinski definition) is 5. The highest BCUT2D eigenvalue weighted by atomic mass is 32.2. The molecule has 1 aromatic carbocycles. The second-order valence-corrected chi connectivity index (χ2v) is 8.56. The van der Waals surface area contributed by atoms with Crippen molar-refractivity contribution in [1.29, 1.82) is 0 Å². The molecule has 3 rings (SSSR count). The maximum absolute atomic E-state index is 11.9. The van der Waals surface area contributed by atoms with Crippen LogP contribution in [0.5, 0.6) is 0 Å². The zero-order chi connectivity index (χ0) is 16.1. The second kappa shape index (κ2) is 5.24. The van der Waals surface area contributed by atoms with E-state index >= 15 is 0 Å². The van der Waals surface area contributed by atoms with E-state index in [0.29, 0.717) is 0 Å². The molecule has 0 amide bonds. The highest BCUT2D eigenvalue weighted by molar-refractivity contribution is 7.92. The Morgan fingerprint density at radius 2 is 2.09 bits per heavy atom. The zero-order valence-electron chi connectivity index (χ0n) is 13.1. The van der Waals surface area contributed by atoms with Gasteiger partial charge in [0.2, 0.25) is 10.0 Å². The molecule has 0 radical (unpaired) electrons. The van der Waals surface area contributed by atoms with Crippen LogP contribution in [0.25, 0.3) is 11.3 Å². The lowest BCUT2D eigenvalue weighted by atomic mass is 10.1. The summed E-state index contributed by atoms with van der Waals surface area (Å²) in [4.78, 5) is 6.59. The van der Waals surface area contributed by atoms with E-state index in [0.717, 1.165) is 34.1 Å². The molecule has 0 unspecified atom stereocenters. The quantitative estimate of drug-likeness (QED) is 0.864. The van der Waals surface area contributed by atoms with Gasteiger partial charge in [0.15, 0.2) is 5.13 Å². The monoisotopic (exact) mass is 337 g/mol. The number of hydrogen-bond donors (Lipinski definition) is 0. The van der Waals surface area contributed by atoms with Crippen LogP contribution in [-0.4, -0.2) is 39.8 Å². The van der Waals surface area contributed by atoms with E-state index in [9.17, 15) is 8.42 Å². The van der Waals surface area contributed by atoms with Gasteiger partial charge in [0.25, 0.3) is 0 Å². The average Bonchev–Trinajstić information content (AvgIpc) is 2.99. The SMILES string of the molecule is C[C@@H]1Cc2cc(-c3csc(N(C)C)n3)ccc2N1S(C)(=O)=O. The van der Waals surface area contributed by atoms with Crippen molar-refractivity contribution in [1.82, 2.24) is 4.98 Å². The van der Waals surface area contributed by atoms with E-state index < -0.39 is 10.0 Å². The molecule has 0 spiro atoms. The lowest BCUT2D eigenvalue weighted by Crippen LogP contribution is -2.34. The smallest absolute Gasteiger partial charge is 0.232 e. The molecule has 1 atom stereocenters. The van der Waals surface area contributed by atoms with E-state index in [1.54, 1.807) is 11.3 Å². The van der Waals surface area contributed by atoms with Crippen molar-refractivity contribution in [2.24, 2.45) is 0 Å². The molecule has 1 aliphatic rings. The molecule has 0 bridgehead atoms. The molecule has 22 heavy (non-hydrogen) atoms. The highest BCUT2D eigenvalue weighted by Gasteiger charge is 2.32. The topological polar surface area (TPSA) is 53.5 Å². The Labute approximate surface area is 135 Å². The molecule has 118 valence electrons. The summed E-state index contributed by atoms with van der Waals surface area (Å²) in [7, 11) is 0.702. The first-order valence-corrected chi connectivity index (χ1v) is 9.75. The number of aromatic nitrogens is 1. The largest absolute Gasteiger partial charge is 0.354 e. The van der Waals surface area contributed by atoms with Crippen molar-refractivity contribution >= 4 is 32.2 Å². The third-order valence-corrected chi connectivity index (χ3v) is 6.04.